The number of rotatable bonds is 5. The Labute approximate surface area is 249 Å². The molecule has 198 valence electrons. The molecule has 7 aromatic carbocycles. The fourth-order valence-corrected chi connectivity index (χ4v) is 7.20. The Balaban J connectivity index is 1.26. The molecule has 0 aliphatic carbocycles. The van der Waals surface area contributed by atoms with Crippen molar-refractivity contribution in [1.82, 2.24) is 0 Å². The molecule has 8 rings (SSSR count). The molecule has 0 aliphatic heterocycles. The summed E-state index contributed by atoms with van der Waals surface area (Å²) in [7, 11) is 0. The lowest BCUT2D eigenvalue weighted by atomic mass is 9.99. The number of nitrogens with zero attached hydrogens (tertiary/aromatic N) is 1. The molecule has 0 spiro atoms. The van der Waals surface area contributed by atoms with Gasteiger partial charge in [-0.2, -0.15) is 0 Å². The van der Waals surface area contributed by atoms with E-state index in [0.717, 1.165) is 11.4 Å². The molecule has 0 radical (unpaired) electrons. The van der Waals surface area contributed by atoms with Crippen LogP contribution < -0.4 is 4.90 Å². The van der Waals surface area contributed by atoms with Gasteiger partial charge in [0.2, 0.25) is 0 Å². The third-order valence-corrected chi connectivity index (χ3v) is 9.19. The van der Waals surface area contributed by atoms with Crippen molar-refractivity contribution < 1.29 is 0 Å². The summed E-state index contributed by atoms with van der Waals surface area (Å²) in [4.78, 5) is 2.40. The maximum Gasteiger partial charge on any atom is 0.0554 e. The molecule has 0 bridgehead atoms. The number of fused-ring (bicyclic) bond motifs is 5. The summed E-state index contributed by atoms with van der Waals surface area (Å²) in [6.07, 6.45) is 0. The minimum atomic E-state index is 1.14. The summed E-state index contributed by atoms with van der Waals surface area (Å²) < 4.78 is 2.63. The van der Waals surface area contributed by atoms with E-state index < -0.39 is 0 Å². The molecule has 0 fully saturated rings. The van der Waals surface area contributed by atoms with Gasteiger partial charge in [-0.3, -0.25) is 0 Å². The van der Waals surface area contributed by atoms with Crippen LogP contribution in [-0.4, -0.2) is 0 Å². The molecule has 0 aliphatic rings. The molecule has 0 atom stereocenters. The Morgan fingerprint density at radius 3 is 1.50 bits per heavy atom. The summed E-state index contributed by atoms with van der Waals surface area (Å²) in [5.41, 5.74) is 8.35. The fourth-order valence-electron chi connectivity index (χ4n) is 6.05. The molecule has 1 nitrogen and oxygen atoms in total. The lowest BCUT2D eigenvalue weighted by Crippen LogP contribution is -2.10. The largest absolute Gasteiger partial charge is 0.310 e. The van der Waals surface area contributed by atoms with Crippen molar-refractivity contribution in [2.75, 3.05) is 4.90 Å². The van der Waals surface area contributed by atoms with Crippen molar-refractivity contribution in [3.63, 3.8) is 0 Å². The Morgan fingerprint density at radius 1 is 0.357 bits per heavy atom. The van der Waals surface area contributed by atoms with Gasteiger partial charge >= 0.3 is 0 Å². The smallest absolute Gasteiger partial charge is 0.0554 e. The van der Waals surface area contributed by atoms with Gasteiger partial charge in [0, 0.05) is 36.9 Å². The Hall–Kier alpha value is -5.18. The highest BCUT2D eigenvalue weighted by Crippen LogP contribution is 2.46. The molecule has 1 heterocycles. The van der Waals surface area contributed by atoms with Crippen LogP contribution in [0.5, 0.6) is 0 Å². The highest BCUT2D eigenvalue weighted by atomic mass is 32.1. The van der Waals surface area contributed by atoms with E-state index in [1.807, 2.05) is 11.3 Å². The van der Waals surface area contributed by atoms with Crippen molar-refractivity contribution in [3.05, 3.63) is 164 Å². The third kappa shape index (κ3) is 4.25. The van der Waals surface area contributed by atoms with Gasteiger partial charge in [0.05, 0.1) is 5.69 Å². The van der Waals surface area contributed by atoms with Gasteiger partial charge in [-0.25, -0.2) is 0 Å². The summed E-state index contributed by atoms with van der Waals surface area (Å²) in [5.74, 6) is 0. The fraction of sp³-hybridized carbons (Fsp3) is 0. The summed E-state index contributed by atoms with van der Waals surface area (Å²) in [6.45, 7) is 0. The minimum absolute atomic E-state index is 1.14. The number of para-hydroxylation sites is 1. The predicted octanol–water partition coefficient (Wildman–Crippen LogP) is 12.0. The minimum Gasteiger partial charge on any atom is -0.310 e. The molecule has 0 amide bonds. The van der Waals surface area contributed by atoms with Crippen molar-refractivity contribution in [1.29, 1.82) is 0 Å². The first-order chi connectivity index (χ1) is 20.8. The van der Waals surface area contributed by atoms with E-state index in [1.165, 1.54) is 58.9 Å². The van der Waals surface area contributed by atoms with Crippen LogP contribution in [0, 0.1) is 0 Å². The van der Waals surface area contributed by atoms with Gasteiger partial charge in [0.1, 0.15) is 0 Å². The lowest BCUT2D eigenvalue weighted by molar-refractivity contribution is 1.30. The summed E-state index contributed by atoms with van der Waals surface area (Å²) >= 11 is 1.87. The third-order valence-electron chi connectivity index (χ3n) is 8.07. The molecule has 0 N–H and O–H groups in total. The zero-order chi connectivity index (χ0) is 27.9. The molecule has 2 heteroatoms. The van der Waals surface area contributed by atoms with Crippen LogP contribution >= 0.6 is 11.3 Å². The average Bonchev–Trinajstić information content (AvgIpc) is 3.45. The second kappa shape index (κ2) is 10.3. The van der Waals surface area contributed by atoms with Crippen LogP contribution in [0.15, 0.2) is 164 Å². The SMILES string of the molecule is c1ccc(-c2ccc(-c3ccc(N(c4ccccc4)c4cc5sc6ccccc6c5c5ccccc45)cc3)cc2)cc1. The van der Waals surface area contributed by atoms with Crippen LogP contribution in [-0.2, 0) is 0 Å². The van der Waals surface area contributed by atoms with Gasteiger partial charge in [-0.05, 0) is 64.0 Å². The van der Waals surface area contributed by atoms with E-state index >= 15 is 0 Å². The molecular formula is C40H27NS. The Morgan fingerprint density at radius 2 is 0.833 bits per heavy atom. The number of hydrogen-bond donors (Lipinski definition) is 0. The van der Waals surface area contributed by atoms with E-state index in [4.69, 9.17) is 0 Å². The standard InChI is InChI=1S/C40H27NS/c1-3-11-28(12-4-1)29-19-21-30(22-20-29)31-23-25-33(26-24-31)41(32-13-5-2-6-14-32)37-27-39-40(35-16-8-7-15-34(35)37)36-17-9-10-18-38(36)42-39/h1-27H. The van der Waals surface area contributed by atoms with Gasteiger partial charge in [-0.1, -0.05) is 127 Å². The van der Waals surface area contributed by atoms with E-state index in [9.17, 15) is 0 Å². The van der Waals surface area contributed by atoms with Crippen LogP contribution in [0.2, 0.25) is 0 Å². The first-order valence-corrected chi connectivity index (χ1v) is 15.1. The first-order valence-electron chi connectivity index (χ1n) is 14.3. The first kappa shape index (κ1) is 24.6. The van der Waals surface area contributed by atoms with Crippen molar-refractivity contribution in [2.24, 2.45) is 0 Å². The van der Waals surface area contributed by atoms with E-state index in [1.54, 1.807) is 0 Å². The highest BCUT2D eigenvalue weighted by Gasteiger charge is 2.19. The lowest BCUT2D eigenvalue weighted by Gasteiger charge is -2.27. The monoisotopic (exact) mass is 553 g/mol. The zero-order valence-electron chi connectivity index (χ0n) is 22.9. The molecule has 0 saturated heterocycles. The number of anilines is 3. The van der Waals surface area contributed by atoms with Gasteiger partial charge in [0.25, 0.3) is 0 Å². The van der Waals surface area contributed by atoms with Crippen molar-refractivity contribution in [3.8, 4) is 22.3 Å². The maximum absolute atomic E-state index is 2.40. The Bertz CT molecular complexity index is 2160. The highest BCUT2D eigenvalue weighted by molar-refractivity contribution is 7.26. The molecule has 1 aromatic heterocycles. The predicted molar refractivity (Wildman–Crippen MR) is 182 cm³/mol. The number of hydrogen-bond acceptors (Lipinski definition) is 2. The maximum atomic E-state index is 2.40. The topological polar surface area (TPSA) is 3.24 Å². The summed E-state index contributed by atoms with van der Waals surface area (Å²) in [5, 5.41) is 5.21. The molecule has 0 unspecified atom stereocenters. The van der Waals surface area contributed by atoms with E-state index in [-0.39, 0.29) is 0 Å². The molecular weight excluding hydrogens is 527 g/mol. The molecule has 8 aromatic rings. The average molecular weight is 554 g/mol. The van der Waals surface area contributed by atoms with Gasteiger partial charge in [-0.15, -0.1) is 11.3 Å². The van der Waals surface area contributed by atoms with Crippen LogP contribution in [0.3, 0.4) is 0 Å². The number of thiophene rings is 1. The quantitative estimate of drug-likeness (QED) is 0.205. The second-order valence-corrected chi connectivity index (χ2v) is 11.7. The number of benzene rings is 7. The second-order valence-electron chi connectivity index (χ2n) is 10.6. The molecule has 42 heavy (non-hydrogen) atoms. The zero-order valence-corrected chi connectivity index (χ0v) is 23.8. The van der Waals surface area contributed by atoms with Gasteiger partial charge in [0.15, 0.2) is 0 Å². The van der Waals surface area contributed by atoms with Crippen molar-refractivity contribution >= 4 is 59.3 Å². The van der Waals surface area contributed by atoms with E-state index in [2.05, 4.69) is 169 Å². The Kier molecular flexibility index (Phi) is 6.05. The van der Waals surface area contributed by atoms with E-state index in [0.29, 0.717) is 0 Å². The normalized spacial score (nSPS) is 11.3. The van der Waals surface area contributed by atoms with Crippen LogP contribution in [0.4, 0.5) is 17.1 Å². The van der Waals surface area contributed by atoms with Crippen molar-refractivity contribution in [2.45, 2.75) is 0 Å². The van der Waals surface area contributed by atoms with Gasteiger partial charge < -0.3 is 4.90 Å². The summed E-state index contributed by atoms with van der Waals surface area (Å²) in [6, 6.07) is 59.0. The molecule has 0 saturated carbocycles. The van der Waals surface area contributed by atoms with Crippen LogP contribution in [0.25, 0.3) is 53.2 Å². The van der Waals surface area contributed by atoms with Crippen LogP contribution in [0.1, 0.15) is 0 Å².